The Labute approximate surface area is 115 Å². The van der Waals surface area contributed by atoms with Gasteiger partial charge in [0.1, 0.15) is 12.4 Å². The van der Waals surface area contributed by atoms with Gasteiger partial charge in [0.25, 0.3) is 0 Å². The van der Waals surface area contributed by atoms with E-state index in [2.05, 4.69) is 10.4 Å². The molecule has 0 aliphatic carbocycles. The van der Waals surface area contributed by atoms with Crippen molar-refractivity contribution in [1.82, 2.24) is 10.4 Å². The summed E-state index contributed by atoms with van der Waals surface area (Å²) in [5.41, 5.74) is 4.55. The van der Waals surface area contributed by atoms with Crippen LogP contribution in [0.2, 0.25) is 5.02 Å². The average molecular weight is 284 g/mol. The van der Waals surface area contributed by atoms with Crippen LogP contribution in [0.4, 0.5) is 0 Å². The first-order valence-electron chi connectivity index (χ1n) is 5.50. The minimum absolute atomic E-state index is 0.0458. The highest BCUT2D eigenvalue weighted by molar-refractivity contribution is 7.09. The van der Waals surface area contributed by atoms with Crippen LogP contribution < -0.4 is 16.0 Å². The zero-order valence-electron chi connectivity index (χ0n) is 9.67. The summed E-state index contributed by atoms with van der Waals surface area (Å²) in [6.45, 7) is 0.481. The van der Waals surface area contributed by atoms with Gasteiger partial charge in [-0.25, -0.2) is 0 Å². The maximum atomic E-state index is 5.88. The minimum Gasteiger partial charge on any atom is -0.492 e. The number of nitrogens with zero attached hydrogens (tertiary/aromatic N) is 1. The number of benzene rings is 1. The summed E-state index contributed by atoms with van der Waals surface area (Å²) in [6.07, 6.45) is 2.64. The lowest BCUT2D eigenvalue weighted by molar-refractivity contribution is 0.265. The molecule has 1 aromatic heterocycles. The molecule has 3 N–H and O–H groups in total. The number of hydrogen-bond acceptors (Lipinski definition) is 5. The fourth-order valence-electron chi connectivity index (χ4n) is 1.51. The summed E-state index contributed by atoms with van der Waals surface area (Å²) in [5, 5.41) is 0.659. The van der Waals surface area contributed by atoms with Crippen LogP contribution in [0.25, 0.3) is 0 Å². The highest BCUT2D eigenvalue weighted by Gasteiger charge is 2.10. The predicted molar refractivity (Wildman–Crippen MR) is 73.9 cm³/mol. The van der Waals surface area contributed by atoms with Crippen LogP contribution >= 0.6 is 22.9 Å². The number of ether oxygens (including phenoxy) is 1. The molecule has 18 heavy (non-hydrogen) atoms. The van der Waals surface area contributed by atoms with Crippen LogP contribution in [-0.4, -0.2) is 17.6 Å². The third-order valence-corrected chi connectivity index (χ3v) is 3.45. The highest BCUT2D eigenvalue weighted by atomic mass is 35.5. The van der Waals surface area contributed by atoms with E-state index in [1.807, 2.05) is 24.4 Å². The van der Waals surface area contributed by atoms with Gasteiger partial charge in [-0.05, 0) is 18.2 Å². The summed E-state index contributed by atoms with van der Waals surface area (Å²) >= 11 is 7.49. The molecule has 1 heterocycles. The molecule has 96 valence electrons. The van der Waals surface area contributed by atoms with Gasteiger partial charge >= 0.3 is 0 Å². The van der Waals surface area contributed by atoms with Gasteiger partial charge in [-0.3, -0.25) is 16.3 Å². The molecule has 0 bridgehead atoms. The molecule has 0 radical (unpaired) electrons. The van der Waals surface area contributed by atoms with Crippen molar-refractivity contribution in [2.75, 3.05) is 6.61 Å². The van der Waals surface area contributed by atoms with Crippen LogP contribution in [0.15, 0.2) is 36.0 Å². The van der Waals surface area contributed by atoms with E-state index >= 15 is 0 Å². The first kappa shape index (κ1) is 13.3. The Balaban J connectivity index is 1.87. The van der Waals surface area contributed by atoms with Crippen molar-refractivity contribution in [2.45, 2.75) is 12.5 Å². The van der Waals surface area contributed by atoms with Gasteiger partial charge in [0.2, 0.25) is 0 Å². The third kappa shape index (κ3) is 3.96. The normalized spacial score (nSPS) is 12.3. The van der Waals surface area contributed by atoms with Crippen molar-refractivity contribution in [2.24, 2.45) is 5.84 Å². The summed E-state index contributed by atoms with van der Waals surface area (Å²) in [6, 6.07) is 7.36. The van der Waals surface area contributed by atoms with E-state index in [1.54, 1.807) is 22.9 Å². The Morgan fingerprint density at radius 2 is 2.39 bits per heavy atom. The van der Waals surface area contributed by atoms with Gasteiger partial charge in [-0.2, -0.15) is 0 Å². The lowest BCUT2D eigenvalue weighted by Gasteiger charge is -2.15. The third-order valence-electron chi connectivity index (χ3n) is 2.41. The molecular formula is C12H14ClN3OS. The molecule has 0 amide bonds. The number of halogens is 1. The summed E-state index contributed by atoms with van der Waals surface area (Å²) in [5.74, 6) is 6.25. The number of thiazole rings is 1. The van der Waals surface area contributed by atoms with E-state index in [1.165, 1.54) is 4.88 Å². The second kappa shape index (κ2) is 6.70. The zero-order valence-corrected chi connectivity index (χ0v) is 11.2. The van der Waals surface area contributed by atoms with Crippen LogP contribution in [0, 0.1) is 0 Å². The molecule has 4 nitrogen and oxygen atoms in total. The first-order chi connectivity index (χ1) is 8.78. The molecule has 2 aromatic rings. The summed E-state index contributed by atoms with van der Waals surface area (Å²) < 4.78 is 5.65. The summed E-state index contributed by atoms with van der Waals surface area (Å²) in [4.78, 5) is 5.20. The largest absolute Gasteiger partial charge is 0.492 e. The average Bonchev–Trinajstić information content (AvgIpc) is 2.87. The Morgan fingerprint density at radius 3 is 3.06 bits per heavy atom. The van der Waals surface area contributed by atoms with E-state index in [9.17, 15) is 0 Å². The molecular weight excluding hydrogens is 270 g/mol. The van der Waals surface area contributed by atoms with Crippen molar-refractivity contribution < 1.29 is 4.74 Å². The van der Waals surface area contributed by atoms with Gasteiger partial charge in [0.15, 0.2) is 0 Å². The molecule has 1 unspecified atom stereocenters. The van der Waals surface area contributed by atoms with Crippen molar-refractivity contribution in [3.8, 4) is 5.75 Å². The molecule has 0 saturated heterocycles. The maximum Gasteiger partial charge on any atom is 0.120 e. The fraction of sp³-hybridized carbons (Fsp3) is 0.250. The molecule has 2 rings (SSSR count). The van der Waals surface area contributed by atoms with Gasteiger partial charge in [-0.1, -0.05) is 17.7 Å². The molecule has 1 aromatic carbocycles. The van der Waals surface area contributed by atoms with Gasteiger partial charge < -0.3 is 4.74 Å². The summed E-state index contributed by atoms with van der Waals surface area (Å²) in [7, 11) is 0. The second-order valence-corrected chi connectivity index (χ2v) is 5.21. The highest BCUT2D eigenvalue weighted by Crippen LogP contribution is 2.17. The topological polar surface area (TPSA) is 60.2 Å². The number of rotatable bonds is 6. The van der Waals surface area contributed by atoms with Crippen molar-refractivity contribution >= 4 is 22.9 Å². The Hall–Kier alpha value is -1.14. The number of hydrazine groups is 1. The molecule has 0 fully saturated rings. The quantitative estimate of drug-likeness (QED) is 0.631. The van der Waals surface area contributed by atoms with E-state index in [0.29, 0.717) is 11.6 Å². The Bertz CT molecular complexity index is 478. The van der Waals surface area contributed by atoms with Crippen LogP contribution in [0.5, 0.6) is 5.75 Å². The van der Waals surface area contributed by atoms with E-state index in [-0.39, 0.29) is 6.04 Å². The Morgan fingerprint density at radius 1 is 1.50 bits per heavy atom. The SMILES string of the molecule is NNC(COc1cccc(Cl)c1)Cc1cncs1. The van der Waals surface area contributed by atoms with Crippen LogP contribution in [0.1, 0.15) is 4.88 Å². The van der Waals surface area contributed by atoms with E-state index in [4.69, 9.17) is 22.2 Å². The van der Waals surface area contributed by atoms with Crippen molar-refractivity contribution in [1.29, 1.82) is 0 Å². The molecule has 0 aliphatic heterocycles. The zero-order chi connectivity index (χ0) is 12.8. The predicted octanol–water partition coefficient (Wildman–Crippen LogP) is 2.25. The fourth-order valence-corrected chi connectivity index (χ4v) is 2.36. The van der Waals surface area contributed by atoms with Gasteiger partial charge in [-0.15, -0.1) is 11.3 Å². The minimum atomic E-state index is 0.0458. The van der Waals surface area contributed by atoms with E-state index < -0.39 is 0 Å². The monoisotopic (exact) mass is 283 g/mol. The van der Waals surface area contributed by atoms with Gasteiger partial charge in [0.05, 0.1) is 11.6 Å². The smallest absolute Gasteiger partial charge is 0.120 e. The molecule has 0 aliphatic rings. The van der Waals surface area contributed by atoms with E-state index in [0.717, 1.165) is 12.2 Å². The first-order valence-corrected chi connectivity index (χ1v) is 6.75. The maximum absolute atomic E-state index is 5.88. The lowest BCUT2D eigenvalue weighted by atomic mass is 10.2. The molecule has 6 heteroatoms. The lowest BCUT2D eigenvalue weighted by Crippen LogP contribution is -2.41. The molecule has 1 atom stereocenters. The van der Waals surface area contributed by atoms with Crippen molar-refractivity contribution in [3.05, 3.63) is 45.9 Å². The number of hydrogen-bond donors (Lipinski definition) is 2. The van der Waals surface area contributed by atoms with Crippen LogP contribution in [-0.2, 0) is 6.42 Å². The standard InChI is InChI=1S/C12H14ClN3OS/c13-9-2-1-3-11(4-9)17-7-10(16-14)5-12-6-15-8-18-12/h1-4,6,8,10,16H,5,7,14H2. The number of nitrogens with one attached hydrogen (secondary N) is 1. The Kier molecular flexibility index (Phi) is 4.95. The van der Waals surface area contributed by atoms with Crippen LogP contribution in [0.3, 0.4) is 0 Å². The van der Waals surface area contributed by atoms with Crippen molar-refractivity contribution in [3.63, 3.8) is 0 Å². The van der Waals surface area contributed by atoms with Gasteiger partial charge in [0, 0.05) is 22.5 Å². The number of aromatic nitrogens is 1. The number of nitrogens with two attached hydrogens (primary N) is 1. The second-order valence-electron chi connectivity index (χ2n) is 3.80. The molecule has 0 spiro atoms. The molecule has 0 saturated carbocycles.